The third-order valence-electron chi connectivity index (χ3n) is 4.57. The molecular formula is C23H20N2O4S. The van der Waals surface area contributed by atoms with Crippen LogP contribution in [0.3, 0.4) is 0 Å². The molecule has 0 unspecified atom stereocenters. The number of aryl methyl sites for hydroxylation is 1. The lowest BCUT2D eigenvalue weighted by atomic mass is 10.2. The van der Waals surface area contributed by atoms with Gasteiger partial charge in [0.05, 0.1) is 18.5 Å². The Morgan fingerprint density at radius 1 is 0.867 bits per heavy atom. The van der Waals surface area contributed by atoms with Crippen molar-refractivity contribution in [1.29, 1.82) is 0 Å². The van der Waals surface area contributed by atoms with Gasteiger partial charge in [0.25, 0.3) is 0 Å². The molecule has 6 nitrogen and oxygen atoms in total. The highest BCUT2D eigenvalue weighted by molar-refractivity contribution is 7.87. The molecule has 3 aromatic carbocycles. The fourth-order valence-corrected chi connectivity index (χ4v) is 3.86. The minimum Gasteiger partial charge on any atom is -0.497 e. The maximum Gasteiger partial charge on any atom is 0.340 e. The fourth-order valence-electron chi connectivity index (χ4n) is 2.95. The first-order valence-electron chi connectivity index (χ1n) is 9.27. The Morgan fingerprint density at radius 3 is 2.17 bits per heavy atom. The third kappa shape index (κ3) is 4.06. The zero-order valence-electron chi connectivity index (χ0n) is 16.5. The summed E-state index contributed by atoms with van der Waals surface area (Å²) in [5.41, 5.74) is 3.05. The monoisotopic (exact) mass is 420 g/mol. The van der Waals surface area contributed by atoms with Crippen LogP contribution in [-0.4, -0.2) is 25.3 Å². The first kappa shape index (κ1) is 19.7. The maximum atomic E-state index is 12.9. The molecule has 0 atom stereocenters. The summed E-state index contributed by atoms with van der Waals surface area (Å²) in [7, 11) is -2.45. The molecule has 0 bridgehead atoms. The number of methoxy groups -OCH3 is 1. The molecule has 0 N–H and O–H groups in total. The molecule has 0 saturated carbocycles. The van der Waals surface area contributed by atoms with Gasteiger partial charge in [-0.15, -0.1) is 0 Å². The van der Waals surface area contributed by atoms with Crippen LogP contribution in [-0.2, 0) is 10.1 Å². The summed E-state index contributed by atoms with van der Waals surface area (Å²) < 4.78 is 37.9. The van der Waals surface area contributed by atoms with Crippen molar-refractivity contribution in [2.45, 2.75) is 11.8 Å². The summed E-state index contributed by atoms with van der Waals surface area (Å²) in [6, 6.07) is 24.7. The van der Waals surface area contributed by atoms with Crippen molar-refractivity contribution < 1.29 is 17.3 Å². The van der Waals surface area contributed by atoms with E-state index in [4.69, 9.17) is 8.92 Å². The van der Waals surface area contributed by atoms with Gasteiger partial charge in [0.2, 0.25) is 5.88 Å². The molecule has 0 amide bonds. The van der Waals surface area contributed by atoms with Crippen LogP contribution in [0.15, 0.2) is 89.8 Å². The van der Waals surface area contributed by atoms with Crippen molar-refractivity contribution >= 4 is 10.1 Å². The van der Waals surface area contributed by atoms with Crippen LogP contribution in [0.2, 0.25) is 0 Å². The lowest BCUT2D eigenvalue weighted by Gasteiger charge is -2.10. The van der Waals surface area contributed by atoms with Gasteiger partial charge in [-0.05, 0) is 43.3 Å². The molecule has 0 saturated heterocycles. The topological polar surface area (TPSA) is 70.4 Å². The minimum absolute atomic E-state index is 0.0804. The average Bonchev–Trinajstić information content (AvgIpc) is 3.18. The van der Waals surface area contributed by atoms with E-state index in [2.05, 4.69) is 5.10 Å². The molecule has 0 aliphatic heterocycles. The van der Waals surface area contributed by atoms with E-state index in [0.717, 1.165) is 11.1 Å². The van der Waals surface area contributed by atoms with Crippen molar-refractivity contribution in [3.63, 3.8) is 0 Å². The normalized spacial score (nSPS) is 11.3. The largest absolute Gasteiger partial charge is 0.497 e. The molecule has 1 heterocycles. The fraction of sp³-hybridized carbons (Fsp3) is 0.0870. The number of hydrogen-bond acceptors (Lipinski definition) is 5. The second-order valence-corrected chi connectivity index (χ2v) is 8.24. The molecule has 0 radical (unpaired) electrons. The van der Waals surface area contributed by atoms with Crippen LogP contribution in [0, 0.1) is 6.92 Å². The molecule has 4 rings (SSSR count). The molecule has 7 heteroatoms. The number of hydrogen-bond donors (Lipinski definition) is 0. The van der Waals surface area contributed by atoms with Crippen molar-refractivity contribution in [3.05, 3.63) is 90.5 Å². The van der Waals surface area contributed by atoms with Gasteiger partial charge in [-0.2, -0.15) is 18.2 Å². The van der Waals surface area contributed by atoms with Crippen molar-refractivity contribution in [2.75, 3.05) is 7.11 Å². The van der Waals surface area contributed by atoms with Gasteiger partial charge < -0.3 is 8.92 Å². The molecular weight excluding hydrogens is 400 g/mol. The zero-order chi connectivity index (χ0) is 21.1. The predicted octanol–water partition coefficient (Wildman–Crippen LogP) is 4.62. The van der Waals surface area contributed by atoms with Crippen molar-refractivity contribution in [2.24, 2.45) is 0 Å². The van der Waals surface area contributed by atoms with E-state index in [-0.39, 0.29) is 10.8 Å². The van der Waals surface area contributed by atoms with Crippen LogP contribution >= 0.6 is 0 Å². The Kier molecular flexibility index (Phi) is 5.29. The number of benzene rings is 3. The van der Waals surface area contributed by atoms with Gasteiger partial charge in [-0.3, -0.25) is 0 Å². The third-order valence-corrected chi connectivity index (χ3v) is 5.81. The first-order chi connectivity index (χ1) is 14.5. The second kappa shape index (κ2) is 8.04. The maximum absolute atomic E-state index is 12.9. The van der Waals surface area contributed by atoms with Crippen LogP contribution in [0.5, 0.6) is 11.6 Å². The highest BCUT2D eigenvalue weighted by atomic mass is 32.2. The number of aromatic nitrogens is 2. The highest BCUT2D eigenvalue weighted by Crippen LogP contribution is 2.29. The van der Waals surface area contributed by atoms with Gasteiger partial charge >= 0.3 is 10.1 Å². The van der Waals surface area contributed by atoms with E-state index >= 15 is 0 Å². The van der Waals surface area contributed by atoms with Crippen LogP contribution in [0.4, 0.5) is 0 Å². The second-order valence-electron chi connectivity index (χ2n) is 6.69. The smallest absolute Gasteiger partial charge is 0.340 e. The Balaban J connectivity index is 1.78. The number of nitrogens with zero attached hydrogens (tertiary/aromatic N) is 2. The molecule has 4 aromatic rings. The Labute approximate surface area is 175 Å². The van der Waals surface area contributed by atoms with Crippen LogP contribution in [0.25, 0.3) is 16.9 Å². The lowest BCUT2D eigenvalue weighted by Crippen LogP contribution is -2.12. The summed E-state index contributed by atoms with van der Waals surface area (Å²) in [5.74, 6) is 0.781. The molecule has 30 heavy (non-hydrogen) atoms. The van der Waals surface area contributed by atoms with Crippen molar-refractivity contribution in [3.8, 4) is 28.6 Å². The van der Waals surface area contributed by atoms with Gasteiger partial charge in [0.1, 0.15) is 10.6 Å². The Bertz CT molecular complexity index is 1250. The molecule has 0 aliphatic rings. The van der Waals surface area contributed by atoms with E-state index < -0.39 is 10.1 Å². The lowest BCUT2D eigenvalue weighted by molar-refractivity contribution is 0.414. The number of rotatable bonds is 6. The number of ether oxygens (including phenoxy) is 1. The summed E-state index contributed by atoms with van der Waals surface area (Å²) in [6.07, 6.45) is 0. The molecule has 0 fully saturated rings. The summed E-state index contributed by atoms with van der Waals surface area (Å²) in [6.45, 7) is 1.89. The standard InChI is InChI=1S/C23H20N2O4S/c1-17-8-14-21(15-9-17)30(26,27)29-23-16-22(18-6-4-3-5-7-18)24-25(23)19-10-12-20(28-2)13-11-19/h3-16H,1-2H3. The minimum atomic E-state index is -4.03. The Hall–Kier alpha value is -3.58. The molecule has 152 valence electrons. The predicted molar refractivity (Wildman–Crippen MR) is 115 cm³/mol. The van der Waals surface area contributed by atoms with E-state index in [1.54, 1.807) is 49.6 Å². The quantitative estimate of drug-likeness (QED) is 0.426. The van der Waals surface area contributed by atoms with Gasteiger partial charge in [0.15, 0.2) is 0 Å². The molecule has 1 aromatic heterocycles. The summed E-state index contributed by atoms with van der Waals surface area (Å²) in [4.78, 5) is 0.0804. The van der Waals surface area contributed by atoms with Crippen molar-refractivity contribution in [1.82, 2.24) is 9.78 Å². The van der Waals surface area contributed by atoms with E-state index in [1.807, 2.05) is 37.3 Å². The van der Waals surface area contributed by atoms with Gasteiger partial charge in [-0.25, -0.2) is 0 Å². The summed E-state index contributed by atoms with van der Waals surface area (Å²) in [5, 5.41) is 4.58. The highest BCUT2D eigenvalue weighted by Gasteiger charge is 2.21. The Morgan fingerprint density at radius 2 is 1.53 bits per heavy atom. The van der Waals surface area contributed by atoms with Crippen LogP contribution < -0.4 is 8.92 Å². The van der Waals surface area contributed by atoms with Crippen LogP contribution in [0.1, 0.15) is 5.56 Å². The molecule has 0 spiro atoms. The molecule has 0 aliphatic carbocycles. The summed E-state index contributed by atoms with van der Waals surface area (Å²) >= 11 is 0. The van der Waals surface area contributed by atoms with E-state index in [0.29, 0.717) is 17.1 Å². The van der Waals surface area contributed by atoms with Gasteiger partial charge in [0, 0.05) is 11.6 Å². The van der Waals surface area contributed by atoms with Gasteiger partial charge in [-0.1, -0.05) is 48.0 Å². The van der Waals surface area contributed by atoms with E-state index in [1.165, 1.54) is 16.8 Å². The zero-order valence-corrected chi connectivity index (χ0v) is 17.3. The average molecular weight is 420 g/mol. The SMILES string of the molecule is COc1ccc(-n2nc(-c3ccccc3)cc2OS(=O)(=O)c2ccc(C)cc2)cc1. The van der Waals surface area contributed by atoms with E-state index in [9.17, 15) is 8.42 Å². The first-order valence-corrected chi connectivity index (χ1v) is 10.7.